The Hall–Kier alpha value is -0.850. The van der Waals surface area contributed by atoms with Crippen molar-refractivity contribution in [3.8, 4) is 5.75 Å². The van der Waals surface area contributed by atoms with E-state index in [1.165, 1.54) is 10.5 Å². The standard InChI is InChI=1S/C22H29ClN2OS2/c1-16-13-24-21(15-26-19-6-8-20(28-2)9-7-19)22(27)14-25(16)11-10-17-4-3-5-18(23)12-17/h3-9,12,16,21-22,24,27H,10-11,13-15H2,1-2H3. The molecule has 0 aliphatic carbocycles. The third kappa shape index (κ3) is 6.33. The molecule has 3 rings (SSSR count). The van der Waals surface area contributed by atoms with Crippen LogP contribution in [0.3, 0.4) is 0 Å². The minimum atomic E-state index is 0.217. The molecule has 0 aromatic heterocycles. The summed E-state index contributed by atoms with van der Waals surface area (Å²) in [7, 11) is 0. The number of thioether (sulfide) groups is 1. The quantitative estimate of drug-likeness (QED) is 0.487. The summed E-state index contributed by atoms with van der Waals surface area (Å²) in [5.41, 5.74) is 1.28. The summed E-state index contributed by atoms with van der Waals surface area (Å²) in [6.45, 7) is 5.78. The molecule has 1 aliphatic rings. The first-order valence-electron chi connectivity index (χ1n) is 9.72. The van der Waals surface area contributed by atoms with Crippen molar-refractivity contribution in [1.29, 1.82) is 0 Å². The zero-order valence-corrected chi connectivity index (χ0v) is 18.9. The van der Waals surface area contributed by atoms with Gasteiger partial charge in [-0.3, -0.25) is 4.90 Å². The van der Waals surface area contributed by atoms with E-state index in [1.54, 1.807) is 11.8 Å². The lowest BCUT2D eigenvalue weighted by molar-refractivity contribution is 0.225. The van der Waals surface area contributed by atoms with Crippen LogP contribution in [-0.2, 0) is 6.42 Å². The van der Waals surface area contributed by atoms with Gasteiger partial charge >= 0.3 is 0 Å². The summed E-state index contributed by atoms with van der Waals surface area (Å²) >= 11 is 12.7. The number of thiol groups is 1. The molecule has 1 saturated heterocycles. The van der Waals surface area contributed by atoms with Crippen LogP contribution in [0, 0.1) is 0 Å². The summed E-state index contributed by atoms with van der Waals surface area (Å²) < 4.78 is 6.03. The van der Waals surface area contributed by atoms with Crippen LogP contribution in [0.25, 0.3) is 0 Å². The lowest BCUT2D eigenvalue weighted by Crippen LogP contribution is -2.42. The normalized spacial score (nSPS) is 23.4. The summed E-state index contributed by atoms with van der Waals surface area (Å²) in [5, 5.41) is 4.66. The fourth-order valence-corrected chi connectivity index (χ4v) is 4.46. The monoisotopic (exact) mass is 436 g/mol. The molecule has 1 fully saturated rings. The average Bonchev–Trinajstić information content (AvgIpc) is 2.84. The van der Waals surface area contributed by atoms with Gasteiger partial charge in [-0.2, -0.15) is 12.6 Å². The second kappa shape index (κ2) is 10.8. The van der Waals surface area contributed by atoms with Gasteiger partial charge in [-0.25, -0.2) is 0 Å². The summed E-state index contributed by atoms with van der Waals surface area (Å²) in [6.07, 6.45) is 3.07. The minimum Gasteiger partial charge on any atom is -0.492 e. The van der Waals surface area contributed by atoms with E-state index in [-0.39, 0.29) is 11.3 Å². The number of rotatable bonds is 7. The van der Waals surface area contributed by atoms with Gasteiger partial charge in [0.2, 0.25) is 0 Å². The maximum Gasteiger partial charge on any atom is 0.119 e. The van der Waals surface area contributed by atoms with Gasteiger partial charge in [0.05, 0.1) is 6.04 Å². The molecule has 3 unspecified atom stereocenters. The lowest BCUT2D eigenvalue weighted by Gasteiger charge is -2.28. The smallest absolute Gasteiger partial charge is 0.119 e. The Morgan fingerprint density at radius 2 is 2.04 bits per heavy atom. The Morgan fingerprint density at radius 1 is 1.25 bits per heavy atom. The Morgan fingerprint density at radius 3 is 2.75 bits per heavy atom. The highest BCUT2D eigenvalue weighted by atomic mass is 35.5. The number of hydrogen-bond acceptors (Lipinski definition) is 5. The zero-order chi connectivity index (χ0) is 19.9. The molecule has 0 bridgehead atoms. The average molecular weight is 437 g/mol. The fraction of sp³-hybridized carbons (Fsp3) is 0.455. The molecule has 152 valence electrons. The fourth-order valence-electron chi connectivity index (χ4n) is 3.44. The second-order valence-corrected chi connectivity index (χ2v) is 9.27. The molecule has 1 heterocycles. The molecular formula is C22H29ClN2OS2. The Labute approximate surface area is 183 Å². The summed E-state index contributed by atoms with van der Waals surface area (Å²) in [4.78, 5) is 3.76. The highest BCUT2D eigenvalue weighted by Gasteiger charge is 2.28. The number of benzene rings is 2. The molecule has 0 radical (unpaired) electrons. The maximum absolute atomic E-state index is 6.11. The number of hydrogen-bond donors (Lipinski definition) is 2. The van der Waals surface area contributed by atoms with E-state index in [0.717, 1.165) is 36.8 Å². The molecule has 3 nitrogen and oxygen atoms in total. The molecule has 28 heavy (non-hydrogen) atoms. The molecule has 0 amide bonds. The third-order valence-corrected chi connectivity index (χ3v) is 6.75. The van der Waals surface area contributed by atoms with E-state index < -0.39 is 0 Å². The lowest BCUT2D eigenvalue weighted by atomic mass is 10.1. The van der Waals surface area contributed by atoms with Gasteiger partial charge in [0.1, 0.15) is 12.4 Å². The van der Waals surface area contributed by atoms with Gasteiger partial charge in [-0.1, -0.05) is 23.7 Å². The van der Waals surface area contributed by atoms with Gasteiger partial charge in [0.15, 0.2) is 0 Å². The Balaban J connectivity index is 1.52. The van der Waals surface area contributed by atoms with Crippen LogP contribution in [0.15, 0.2) is 53.4 Å². The number of nitrogens with zero attached hydrogens (tertiary/aromatic N) is 1. The largest absolute Gasteiger partial charge is 0.492 e. The maximum atomic E-state index is 6.11. The van der Waals surface area contributed by atoms with Crippen molar-refractivity contribution in [2.75, 3.05) is 32.5 Å². The summed E-state index contributed by atoms with van der Waals surface area (Å²) in [6, 6.07) is 17.1. The van der Waals surface area contributed by atoms with Gasteiger partial charge < -0.3 is 10.1 Å². The van der Waals surface area contributed by atoms with Crippen molar-refractivity contribution < 1.29 is 4.74 Å². The number of ether oxygens (including phenoxy) is 1. The topological polar surface area (TPSA) is 24.5 Å². The highest BCUT2D eigenvalue weighted by Crippen LogP contribution is 2.20. The first kappa shape index (κ1) is 21.8. The van der Waals surface area contributed by atoms with Crippen LogP contribution in [0.1, 0.15) is 12.5 Å². The molecule has 3 atom stereocenters. The molecule has 6 heteroatoms. The van der Waals surface area contributed by atoms with Crippen molar-refractivity contribution in [3.05, 3.63) is 59.1 Å². The minimum absolute atomic E-state index is 0.217. The Kier molecular flexibility index (Phi) is 8.42. The van der Waals surface area contributed by atoms with Crippen molar-refractivity contribution >= 4 is 36.0 Å². The molecule has 0 spiro atoms. The van der Waals surface area contributed by atoms with Gasteiger partial charge in [-0.15, -0.1) is 11.8 Å². The molecule has 0 saturated carbocycles. The predicted octanol–water partition coefficient (Wildman–Crippen LogP) is 4.64. The molecule has 1 N–H and O–H groups in total. The van der Waals surface area contributed by atoms with Gasteiger partial charge in [-0.05, 0) is 61.6 Å². The van der Waals surface area contributed by atoms with Gasteiger partial charge in [0.25, 0.3) is 0 Å². The number of halogens is 1. The predicted molar refractivity (Wildman–Crippen MR) is 124 cm³/mol. The first-order valence-corrected chi connectivity index (χ1v) is 11.8. The van der Waals surface area contributed by atoms with Crippen molar-refractivity contribution in [3.63, 3.8) is 0 Å². The molecule has 1 aliphatic heterocycles. The van der Waals surface area contributed by atoms with Crippen LogP contribution in [0.4, 0.5) is 0 Å². The van der Waals surface area contributed by atoms with Gasteiger partial charge in [0, 0.05) is 40.8 Å². The van der Waals surface area contributed by atoms with Crippen molar-refractivity contribution in [2.45, 2.75) is 35.6 Å². The van der Waals surface area contributed by atoms with E-state index in [2.05, 4.69) is 47.7 Å². The Bertz CT molecular complexity index is 744. The van der Waals surface area contributed by atoms with Crippen LogP contribution in [-0.4, -0.2) is 54.7 Å². The van der Waals surface area contributed by atoms with Crippen molar-refractivity contribution in [1.82, 2.24) is 10.2 Å². The third-order valence-electron chi connectivity index (χ3n) is 5.25. The van der Waals surface area contributed by atoms with Crippen LogP contribution >= 0.6 is 36.0 Å². The zero-order valence-electron chi connectivity index (χ0n) is 16.5. The van der Waals surface area contributed by atoms with Crippen molar-refractivity contribution in [2.24, 2.45) is 0 Å². The molecule has 2 aromatic rings. The van der Waals surface area contributed by atoms with E-state index in [4.69, 9.17) is 29.0 Å². The first-order chi connectivity index (χ1) is 13.5. The molecule has 2 aromatic carbocycles. The van der Waals surface area contributed by atoms with Crippen LogP contribution in [0.2, 0.25) is 5.02 Å². The van der Waals surface area contributed by atoms with Crippen LogP contribution in [0.5, 0.6) is 5.75 Å². The van der Waals surface area contributed by atoms with E-state index in [0.29, 0.717) is 12.6 Å². The second-order valence-electron chi connectivity index (χ2n) is 7.29. The van der Waals surface area contributed by atoms with E-state index in [9.17, 15) is 0 Å². The van der Waals surface area contributed by atoms with E-state index in [1.807, 2.05) is 24.3 Å². The number of nitrogens with one attached hydrogen (secondary N) is 1. The molecular weight excluding hydrogens is 408 g/mol. The van der Waals surface area contributed by atoms with Crippen LogP contribution < -0.4 is 10.1 Å². The summed E-state index contributed by atoms with van der Waals surface area (Å²) in [5.74, 6) is 0.912. The van der Waals surface area contributed by atoms with E-state index >= 15 is 0 Å². The SMILES string of the molecule is CSc1ccc(OCC2NCC(C)N(CCc3cccc(Cl)c3)CC2S)cc1. The highest BCUT2D eigenvalue weighted by molar-refractivity contribution is 7.98.